The van der Waals surface area contributed by atoms with Crippen molar-refractivity contribution in [3.05, 3.63) is 18.3 Å². The lowest BCUT2D eigenvalue weighted by atomic mass is 10.3. The molecule has 1 aliphatic heterocycles. The molecule has 0 radical (unpaired) electrons. The number of hydrogen-bond acceptors (Lipinski definition) is 5. The zero-order chi connectivity index (χ0) is 16.8. The van der Waals surface area contributed by atoms with Gasteiger partial charge in [-0.15, -0.1) is 0 Å². The fourth-order valence-corrected chi connectivity index (χ4v) is 2.59. The van der Waals surface area contributed by atoms with E-state index in [-0.39, 0.29) is 25.4 Å². The van der Waals surface area contributed by atoms with Crippen LogP contribution in [0.2, 0.25) is 0 Å². The van der Waals surface area contributed by atoms with Gasteiger partial charge in [0.25, 0.3) is 0 Å². The molecule has 0 unspecified atom stereocenters. The maximum atomic E-state index is 12.4. The normalized spacial score (nSPS) is 13.9. The molecule has 126 valence electrons. The number of aliphatic carboxylic acids is 1. The van der Waals surface area contributed by atoms with Gasteiger partial charge in [-0.05, 0) is 25.0 Å². The highest BCUT2D eigenvalue weighted by Crippen LogP contribution is 2.18. The zero-order valence-electron chi connectivity index (χ0n) is 13.7. The van der Waals surface area contributed by atoms with Crippen LogP contribution in [0.25, 0.3) is 0 Å². The van der Waals surface area contributed by atoms with E-state index in [4.69, 9.17) is 5.11 Å². The van der Waals surface area contributed by atoms with Gasteiger partial charge in [0, 0.05) is 33.7 Å². The maximum absolute atomic E-state index is 12.4. The predicted molar refractivity (Wildman–Crippen MR) is 88.8 cm³/mol. The van der Waals surface area contributed by atoms with Gasteiger partial charge in [-0.1, -0.05) is 0 Å². The first kappa shape index (κ1) is 17.1. The van der Waals surface area contributed by atoms with Gasteiger partial charge >= 0.3 is 5.97 Å². The number of carboxylic acids is 1. The third kappa shape index (κ3) is 4.84. The topological polar surface area (TPSA) is 77.0 Å². The van der Waals surface area contributed by atoms with Gasteiger partial charge in [0.2, 0.25) is 5.91 Å². The first-order valence-corrected chi connectivity index (χ1v) is 7.85. The Morgan fingerprint density at radius 3 is 2.48 bits per heavy atom. The molecule has 7 nitrogen and oxygen atoms in total. The lowest BCUT2D eigenvalue weighted by molar-refractivity contribution is -0.137. The van der Waals surface area contributed by atoms with Crippen LogP contribution in [0.15, 0.2) is 18.3 Å². The third-order valence-electron chi connectivity index (χ3n) is 3.94. The van der Waals surface area contributed by atoms with Gasteiger partial charge in [-0.2, -0.15) is 0 Å². The van der Waals surface area contributed by atoms with E-state index < -0.39 is 5.97 Å². The van der Waals surface area contributed by atoms with Crippen molar-refractivity contribution in [1.82, 2.24) is 9.88 Å². The van der Waals surface area contributed by atoms with Gasteiger partial charge in [0.1, 0.15) is 5.82 Å². The van der Waals surface area contributed by atoms with Crippen LogP contribution in [0.3, 0.4) is 0 Å². The fraction of sp³-hybridized carbons (Fsp3) is 0.562. The molecule has 1 aromatic heterocycles. The highest BCUT2D eigenvalue weighted by atomic mass is 16.4. The minimum atomic E-state index is -0.874. The number of amides is 1. The summed E-state index contributed by atoms with van der Waals surface area (Å²) in [5.74, 6) is -0.0103. The summed E-state index contributed by atoms with van der Waals surface area (Å²) in [6.07, 6.45) is 3.76. The van der Waals surface area contributed by atoms with Crippen molar-refractivity contribution >= 4 is 23.4 Å². The van der Waals surface area contributed by atoms with Crippen LogP contribution in [0.5, 0.6) is 0 Å². The molecule has 0 spiro atoms. The van der Waals surface area contributed by atoms with E-state index in [0.717, 1.165) is 37.4 Å². The molecule has 1 aliphatic rings. The molecule has 0 atom stereocenters. The second-order valence-electron chi connectivity index (χ2n) is 5.92. The van der Waals surface area contributed by atoms with Crippen molar-refractivity contribution in [2.45, 2.75) is 19.3 Å². The molecule has 1 aromatic rings. The summed E-state index contributed by atoms with van der Waals surface area (Å²) in [6, 6.07) is 3.74. The molecule has 1 fully saturated rings. The van der Waals surface area contributed by atoms with E-state index in [0.29, 0.717) is 0 Å². The largest absolute Gasteiger partial charge is 0.481 e. The highest BCUT2D eigenvalue weighted by Gasteiger charge is 2.21. The third-order valence-corrected chi connectivity index (χ3v) is 3.94. The van der Waals surface area contributed by atoms with Crippen LogP contribution in [-0.2, 0) is 9.59 Å². The summed E-state index contributed by atoms with van der Waals surface area (Å²) in [4.78, 5) is 33.1. The smallest absolute Gasteiger partial charge is 0.305 e. The number of carbonyl (C=O) groups excluding carboxylic acids is 1. The number of carboxylic acid groups (broad SMARTS) is 1. The van der Waals surface area contributed by atoms with Gasteiger partial charge in [-0.3, -0.25) is 9.59 Å². The van der Waals surface area contributed by atoms with Crippen molar-refractivity contribution in [1.29, 1.82) is 0 Å². The number of anilines is 2. The van der Waals surface area contributed by atoms with Gasteiger partial charge in [-0.25, -0.2) is 4.98 Å². The van der Waals surface area contributed by atoms with Crippen molar-refractivity contribution in [3.8, 4) is 0 Å². The van der Waals surface area contributed by atoms with Crippen LogP contribution in [0.1, 0.15) is 19.3 Å². The highest BCUT2D eigenvalue weighted by molar-refractivity contribution is 5.82. The van der Waals surface area contributed by atoms with Crippen LogP contribution in [0.4, 0.5) is 11.5 Å². The SMILES string of the molecule is CN(C)c1ccc(N(CCC(=O)O)CC(=O)N2CCCC2)cn1. The number of carbonyl (C=O) groups is 2. The molecule has 1 amide bonds. The number of nitrogens with zero attached hydrogens (tertiary/aromatic N) is 4. The Kier molecular flexibility index (Phi) is 5.78. The number of pyridine rings is 1. The molecule has 23 heavy (non-hydrogen) atoms. The monoisotopic (exact) mass is 320 g/mol. The molecular weight excluding hydrogens is 296 g/mol. The summed E-state index contributed by atoms with van der Waals surface area (Å²) >= 11 is 0. The van der Waals surface area contributed by atoms with Crippen molar-refractivity contribution in [3.63, 3.8) is 0 Å². The number of aromatic nitrogens is 1. The average Bonchev–Trinajstić information content (AvgIpc) is 3.05. The summed E-state index contributed by atoms with van der Waals surface area (Å²) < 4.78 is 0. The molecule has 0 saturated carbocycles. The van der Waals surface area contributed by atoms with Gasteiger partial charge < -0.3 is 19.8 Å². The predicted octanol–water partition coefficient (Wildman–Crippen LogP) is 1.05. The van der Waals surface area contributed by atoms with Crippen LogP contribution in [0, 0.1) is 0 Å². The Bertz CT molecular complexity index is 539. The van der Waals surface area contributed by atoms with E-state index in [1.165, 1.54) is 0 Å². The van der Waals surface area contributed by atoms with Gasteiger partial charge in [0.15, 0.2) is 0 Å². The molecular formula is C16H24N4O3. The first-order chi connectivity index (χ1) is 11.0. The Morgan fingerprint density at radius 2 is 1.96 bits per heavy atom. The molecule has 0 bridgehead atoms. The summed E-state index contributed by atoms with van der Waals surface area (Å²) in [6.45, 7) is 2.07. The first-order valence-electron chi connectivity index (χ1n) is 7.85. The van der Waals surface area contributed by atoms with E-state index in [1.54, 1.807) is 11.1 Å². The van der Waals surface area contributed by atoms with E-state index >= 15 is 0 Å². The standard InChI is InChI=1S/C16H24N4O3/c1-18(2)14-6-5-13(11-17-14)20(10-7-16(22)23)12-15(21)19-8-3-4-9-19/h5-6,11H,3-4,7-10,12H2,1-2H3,(H,22,23). The Morgan fingerprint density at radius 1 is 1.26 bits per heavy atom. The zero-order valence-corrected chi connectivity index (χ0v) is 13.7. The molecule has 7 heteroatoms. The second kappa shape index (κ2) is 7.80. The molecule has 1 N–H and O–H groups in total. The molecule has 1 saturated heterocycles. The summed E-state index contributed by atoms with van der Waals surface area (Å²) in [7, 11) is 3.81. The quantitative estimate of drug-likeness (QED) is 0.809. The van der Waals surface area contributed by atoms with Crippen LogP contribution >= 0.6 is 0 Å². The number of hydrogen-bond donors (Lipinski definition) is 1. The van der Waals surface area contributed by atoms with E-state index in [1.807, 2.05) is 36.0 Å². The van der Waals surface area contributed by atoms with Crippen molar-refractivity contribution in [2.75, 3.05) is 50.1 Å². The maximum Gasteiger partial charge on any atom is 0.305 e. The van der Waals surface area contributed by atoms with Crippen molar-refractivity contribution < 1.29 is 14.7 Å². The van der Waals surface area contributed by atoms with Crippen molar-refractivity contribution in [2.24, 2.45) is 0 Å². The summed E-state index contributed by atoms with van der Waals surface area (Å²) in [5, 5.41) is 8.93. The van der Waals surface area contributed by atoms with Crippen LogP contribution < -0.4 is 9.80 Å². The van der Waals surface area contributed by atoms with E-state index in [2.05, 4.69) is 4.98 Å². The van der Waals surface area contributed by atoms with Gasteiger partial charge in [0.05, 0.1) is 24.8 Å². The lowest BCUT2D eigenvalue weighted by Gasteiger charge is -2.26. The summed E-state index contributed by atoms with van der Waals surface area (Å²) in [5.41, 5.74) is 0.768. The lowest BCUT2D eigenvalue weighted by Crippen LogP contribution is -2.40. The molecule has 2 heterocycles. The Balaban J connectivity index is 2.08. The van der Waals surface area contributed by atoms with E-state index in [9.17, 15) is 9.59 Å². The number of rotatable bonds is 7. The molecule has 2 rings (SSSR count). The van der Waals surface area contributed by atoms with Crippen LogP contribution in [-0.4, -0.2) is 67.1 Å². The Hall–Kier alpha value is -2.31. The molecule has 0 aromatic carbocycles. The minimum absolute atomic E-state index is 0.0112. The number of likely N-dealkylation sites (tertiary alicyclic amines) is 1. The fourth-order valence-electron chi connectivity index (χ4n) is 2.59. The Labute approximate surface area is 136 Å². The minimum Gasteiger partial charge on any atom is -0.481 e. The average molecular weight is 320 g/mol. The second-order valence-corrected chi connectivity index (χ2v) is 5.92. The molecule has 0 aliphatic carbocycles.